The molecule has 0 saturated heterocycles. The molecule has 0 spiro atoms. The van der Waals surface area contributed by atoms with E-state index in [1.807, 2.05) is 13.8 Å². The van der Waals surface area contributed by atoms with Crippen molar-refractivity contribution in [3.05, 3.63) is 29.8 Å². The number of amides is 2. The van der Waals surface area contributed by atoms with E-state index in [9.17, 15) is 9.59 Å². The molecule has 1 aromatic carbocycles. The highest BCUT2D eigenvalue weighted by atomic mass is 35.5. The van der Waals surface area contributed by atoms with Crippen molar-refractivity contribution in [2.75, 3.05) is 19.0 Å². The van der Waals surface area contributed by atoms with Crippen LogP contribution in [0.4, 0.5) is 5.69 Å². The number of anilines is 1. The highest BCUT2D eigenvalue weighted by Crippen LogP contribution is 2.15. The van der Waals surface area contributed by atoms with Crippen LogP contribution in [0.15, 0.2) is 24.3 Å². The van der Waals surface area contributed by atoms with E-state index >= 15 is 0 Å². The average molecular weight is 316 g/mol. The van der Waals surface area contributed by atoms with Crippen LogP contribution >= 0.6 is 12.4 Å². The third kappa shape index (κ3) is 6.12. The number of rotatable bonds is 6. The van der Waals surface area contributed by atoms with Crippen LogP contribution in [-0.4, -0.2) is 37.6 Å². The number of para-hydroxylation sites is 1. The van der Waals surface area contributed by atoms with Crippen molar-refractivity contribution < 1.29 is 14.3 Å². The number of nitrogens with two attached hydrogens (primary N) is 1. The van der Waals surface area contributed by atoms with Crippen LogP contribution in [0.5, 0.6) is 0 Å². The van der Waals surface area contributed by atoms with Crippen LogP contribution in [0.25, 0.3) is 0 Å². The summed E-state index contributed by atoms with van der Waals surface area (Å²) in [5, 5.41) is 5.43. The molecule has 1 aromatic rings. The maximum absolute atomic E-state index is 12.0. The first-order valence-corrected chi connectivity index (χ1v) is 6.41. The smallest absolute Gasteiger partial charge is 0.253 e. The van der Waals surface area contributed by atoms with Gasteiger partial charge in [0, 0.05) is 13.2 Å². The molecule has 1 atom stereocenters. The lowest BCUT2D eigenvalue weighted by molar-refractivity contribution is -0.118. The summed E-state index contributed by atoms with van der Waals surface area (Å²) >= 11 is 0. The van der Waals surface area contributed by atoms with Crippen molar-refractivity contribution in [3.63, 3.8) is 0 Å². The number of ether oxygens (including phenoxy) is 1. The first-order chi connectivity index (χ1) is 9.45. The second-order valence-corrected chi connectivity index (χ2v) is 4.72. The van der Waals surface area contributed by atoms with Crippen LogP contribution in [0.2, 0.25) is 0 Å². The van der Waals surface area contributed by atoms with Gasteiger partial charge in [0.25, 0.3) is 5.91 Å². The zero-order valence-corrected chi connectivity index (χ0v) is 13.2. The van der Waals surface area contributed by atoms with Gasteiger partial charge in [0.15, 0.2) is 0 Å². The molecule has 1 unspecified atom stereocenters. The van der Waals surface area contributed by atoms with Crippen molar-refractivity contribution in [1.82, 2.24) is 5.32 Å². The van der Waals surface area contributed by atoms with Gasteiger partial charge in [-0.05, 0) is 26.0 Å². The van der Waals surface area contributed by atoms with Gasteiger partial charge in [0.05, 0.1) is 17.9 Å². The van der Waals surface area contributed by atoms with Crippen molar-refractivity contribution in [1.29, 1.82) is 0 Å². The molecule has 7 heteroatoms. The second kappa shape index (κ2) is 9.33. The molecule has 0 aliphatic heterocycles. The molecule has 0 fully saturated rings. The van der Waals surface area contributed by atoms with Crippen LogP contribution in [0.1, 0.15) is 24.2 Å². The number of hydrogen-bond acceptors (Lipinski definition) is 4. The Morgan fingerprint density at radius 3 is 2.48 bits per heavy atom. The fourth-order valence-electron chi connectivity index (χ4n) is 1.61. The van der Waals surface area contributed by atoms with Gasteiger partial charge < -0.3 is 21.1 Å². The number of nitrogens with one attached hydrogen (secondary N) is 2. The van der Waals surface area contributed by atoms with Crippen LogP contribution in [0, 0.1) is 0 Å². The first-order valence-electron chi connectivity index (χ1n) is 6.41. The molecule has 0 aliphatic carbocycles. The van der Waals surface area contributed by atoms with Gasteiger partial charge in [0.2, 0.25) is 5.91 Å². The van der Waals surface area contributed by atoms with Crippen LogP contribution < -0.4 is 16.4 Å². The minimum atomic E-state index is -0.777. The average Bonchev–Trinajstić information content (AvgIpc) is 2.38. The highest BCUT2D eigenvalue weighted by molar-refractivity contribution is 6.04. The topological polar surface area (TPSA) is 93.4 Å². The summed E-state index contributed by atoms with van der Waals surface area (Å²) < 4.78 is 4.83. The Morgan fingerprint density at radius 2 is 1.90 bits per heavy atom. The first kappa shape index (κ1) is 19.4. The number of carbonyl (C=O) groups excluding carboxylic acids is 2. The Balaban J connectivity index is 0.00000400. The maximum atomic E-state index is 12.0. The van der Waals surface area contributed by atoms with E-state index < -0.39 is 11.9 Å². The minimum absolute atomic E-state index is 0. The summed E-state index contributed by atoms with van der Waals surface area (Å²) in [6.45, 7) is 3.85. The molecule has 0 aromatic heterocycles. The van der Waals surface area contributed by atoms with E-state index in [1.54, 1.807) is 24.3 Å². The molecule has 118 valence electrons. The predicted molar refractivity (Wildman–Crippen MR) is 84.8 cm³/mol. The molecule has 4 N–H and O–H groups in total. The number of carbonyl (C=O) groups is 2. The Morgan fingerprint density at radius 1 is 1.29 bits per heavy atom. The monoisotopic (exact) mass is 315 g/mol. The van der Waals surface area contributed by atoms with Gasteiger partial charge >= 0.3 is 0 Å². The van der Waals surface area contributed by atoms with Crippen molar-refractivity contribution in [2.24, 2.45) is 5.73 Å². The highest BCUT2D eigenvalue weighted by Gasteiger charge is 2.17. The molecular formula is C14H22ClN3O3. The summed E-state index contributed by atoms with van der Waals surface area (Å²) in [5.41, 5.74) is 6.48. The standard InChI is InChI=1S/C14H21N3O3.ClH/c1-9(2)16-13(18)10-6-4-5-7-12(10)17-14(19)11(15)8-20-3;/h4-7,9,11H,8,15H2,1-3H3,(H,16,18)(H,17,19);1H. The number of halogens is 1. The lowest BCUT2D eigenvalue weighted by Gasteiger charge is -2.15. The summed E-state index contributed by atoms with van der Waals surface area (Å²) in [5.74, 6) is -0.632. The molecule has 2 amide bonds. The van der Waals surface area contributed by atoms with Crippen molar-refractivity contribution in [3.8, 4) is 0 Å². The third-order valence-electron chi connectivity index (χ3n) is 2.53. The number of methoxy groups -OCH3 is 1. The summed E-state index contributed by atoms with van der Waals surface area (Å²) in [4.78, 5) is 23.9. The Labute approximate surface area is 130 Å². The van der Waals surface area contributed by atoms with Crippen LogP contribution in [-0.2, 0) is 9.53 Å². The zero-order valence-electron chi connectivity index (χ0n) is 12.4. The Kier molecular flexibility index (Phi) is 8.61. The molecule has 0 saturated carbocycles. The lowest BCUT2D eigenvalue weighted by atomic mass is 10.1. The summed E-state index contributed by atoms with van der Waals surface area (Å²) in [6, 6.07) is 6.02. The lowest BCUT2D eigenvalue weighted by Crippen LogP contribution is -2.39. The third-order valence-corrected chi connectivity index (χ3v) is 2.53. The molecule has 0 heterocycles. The fourth-order valence-corrected chi connectivity index (χ4v) is 1.61. The van der Waals surface area contributed by atoms with E-state index in [2.05, 4.69) is 10.6 Å². The quantitative estimate of drug-likeness (QED) is 0.734. The van der Waals surface area contributed by atoms with E-state index in [4.69, 9.17) is 10.5 Å². The molecule has 1 rings (SSSR count). The second-order valence-electron chi connectivity index (χ2n) is 4.72. The zero-order chi connectivity index (χ0) is 15.1. The SMILES string of the molecule is COCC(N)C(=O)Nc1ccccc1C(=O)NC(C)C.Cl. The van der Waals surface area contributed by atoms with Gasteiger partial charge in [-0.25, -0.2) is 0 Å². The van der Waals surface area contributed by atoms with E-state index in [0.29, 0.717) is 11.3 Å². The van der Waals surface area contributed by atoms with E-state index in [1.165, 1.54) is 7.11 Å². The molecular weight excluding hydrogens is 294 g/mol. The van der Waals surface area contributed by atoms with E-state index in [0.717, 1.165) is 0 Å². The molecule has 0 aliphatic rings. The molecule has 0 radical (unpaired) electrons. The number of benzene rings is 1. The van der Waals surface area contributed by atoms with Crippen LogP contribution in [0.3, 0.4) is 0 Å². The summed E-state index contributed by atoms with van der Waals surface area (Å²) in [7, 11) is 1.47. The van der Waals surface area contributed by atoms with Gasteiger partial charge in [-0.2, -0.15) is 0 Å². The van der Waals surface area contributed by atoms with Gasteiger partial charge in [-0.15, -0.1) is 12.4 Å². The minimum Gasteiger partial charge on any atom is -0.383 e. The van der Waals surface area contributed by atoms with E-state index in [-0.39, 0.29) is 31.0 Å². The van der Waals surface area contributed by atoms with Crippen molar-refractivity contribution >= 4 is 29.9 Å². The Bertz CT molecular complexity index is 480. The normalized spacial score (nSPS) is 11.5. The van der Waals surface area contributed by atoms with Crippen molar-refractivity contribution in [2.45, 2.75) is 25.9 Å². The Hall–Kier alpha value is -1.63. The largest absolute Gasteiger partial charge is 0.383 e. The summed E-state index contributed by atoms with van der Waals surface area (Å²) in [6.07, 6.45) is 0. The maximum Gasteiger partial charge on any atom is 0.253 e. The number of hydrogen-bond donors (Lipinski definition) is 3. The fraction of sp³-hybridized carbons (Fsp3) is 0.429. The molecule has 0 bridgehead atoms. The predicted octanol–water partition coefficient (Wildman–Crippen LogP) is 1.16. The molecule has 6 nitrogen and oxygen atoms in total. The van der Waals surface area contributed by atoms with Gasteiger partial charge in [-0.3, -0.25) is 9.59 Å². The van der Waals surface area contributed by atoms with Gasteiger partial charge in [0.1, 0.15) is 6.04 Å². The van der Waals surface area contributed by atoms with Gasteiger partial charge in [-0.1, -0.05) is 12.1 Å². The molecule has 21 heavy (non-hydrogen) atoms.